The first kappa shape index (κ1) is 23.1. The summed E-state index contributed by atoms with van der Waals surface area (Å²) in [5, 5.41) is 0.444. The predicted octanol–water partition coefficient (Wildman–Crippen LogP) is 2.64. The van der Waals surface area contributed by atoms with Crippen LogP contribution in [0.2, 0.25) is 0 Å². The van der Waals surface area contributed by atoms with E-state index in [-0.39, 0.29) is 18.6 Å². The Kier molecular flexibility index (Phi) is 6.03. The molecular weight excluding hydrogens is 466 g/mol. The van der Waals surface area contributed by atoms with E-state index in [0.717, 1.165) is 13.1 Å². The standard InChI is InChI=1S/C23H26F2N4O4S/c1-27-13-19(17-3-4-26-11-20(17)32-14-15-10-23(15,24)25)21-18(22(27)30)9-16(33-21)12-28-5-7-29(8-6-28)34(2)31/h3-4,9,11,13,15H,5-8,10,12,14H2,1-2H3. The molecule has 2 unspecified atom stereocenters. The fourth-order valence-corrected chi connectivity index (χ4v) is 4.97. The van der Waals surface area contributed by atoms with E-state index in [1.807, 2.05) is 4.31 Å². The summed E-state index contributed by atoms with van der Waals surface area (Å²) in [7, 11) is 0.678. The number of rotatable bonds is 7. The van der Waals surface area contributed by atoms with Gasteiger partial charge in [0.15, 0.2) is 0 Å². The van der Waals surface area contributed by atoms with Crippen LogP contribution in [0.4, 0.5) is 8.78 Å². The number of nitrogens with zero attached hydrogens (tertiary/aromatic N) is 4. The number of hydrogen-bond acceptors (Lipinski definition) is 6. The summed E-state index contributed by atoms with van der Waals surface area (Å²) in [6, 6.07) is 3.49. The van der Waals surface area contributed by atoms with Gasteiger partial charge >= 0.3 is 0 Å². The van der Waals surface area contributed by atoms with Crippen molar-refractivity contribution in [3.05, 3.63) is 46.8 Å². The smallest absolute Gasteiger partial charge is 0.261 e. The molecular formula is C23H26F2N4O4S. The number of fused-ring (bicyclic) bond motifs is 1. The summed E-state index contributed by atoms with van der Waals surface area (Å²) in [5.74, 6) is -2.44. The molecule has 8 nitrogen and oxygen atoms in total. The molecule has 11 heteroatoms. The number of aromatic nitrogens is 2. The molecule has 0 spiro atoms. The zero-order valence-electron chi connectivity index (χ0n) is 19.0. The normalized spacial score (nSPS) is 21.6. The minimum Gasteiger partial charge on any atom is -0.491 e. The highest BCUT2D eigenvalue weighted by molar-refractivity contribution is 7.81. The topological polar surface area (TPSA) is 80.8 Å². The van der Waals surface area contributed by atoms with Crippen LogP contribution in [-0.4, -0.2) is 67.9 Å². The monoisotopic (exact) mass is 492 g/mol. The average molecular weight is 493 g/mol. The van der Waals surface area contributed by atoms with E-state index in [1.54, 1.807) is 37.8 Å². The van der Waals surface area contributed by atoms with Gasteiger partial charge in [-0.15, -0.1) is 0 Å². The second-order valence-corrected chi connectivity index (χ2v) is 10.3. The Morgan fingerprint density at radius 2 is 2.00 bits per heavy atom. The molecule has 182 valence electrons. The Balaban J connectivity index is 1.44. The van der Waals surface area contributed by atoms with Crippen molar-refractivity contribution in [2.45, 2.75) is 18.9 Å². The molecule has 2 atom stereocenters. The van der Waals surface area contributed by atoms with E-state index in [9.17, 15) is 17.8 Å². The number of pyridine rings is 2. The van der Waals surface area contributed by atoms with Crippen molar-refractivity contribution in [3.8, 4) is 16.9 Å². The molecule has 0 N–H and O–H groups in total. The van der Waals surface area contributed by atoms with E-state index in [1.165, 1.54) is 10.8 Å². The molecule has 1 saturated carbocycles. The predicted molar refractivity (Wildman–Crippen MR) is 124 cm³/mol. The van der Waals surface area contributed by atoms with Gasteiger partial charge in [0.05, 0.1) is 41.6 Å². The number of hydrogen-bond donors (Lipinski definition) is 0. The maximum absolute atomic E-state index is 13.3. The van der Waals surface area contributed by atoms with Crippen molar-refractivity contribution in [3.63, 3.8) is 0 Å². The summed E-state index contributed by atoms with van der Waals surface area (Å²) < 4.78 is 53.6. The Hall–Kier alpha value is -2.63. The average Bonchev–Trinajstić information content (AvgIpc) is 3.21. The first-order chi connectivity index (χ1) is 16.2. The molecule has 5 rings (SSSR count). The largest absolute Gasteiger partial charge is 0.491 e. The lowest BCUT2D eigenvalue weighted by Gasteiger charge is -2.32. The van der Waals surface area contributed by atoms with Gasteiger partial charge in [-0.1, -0.05) is 0 Å². The highest BCUT2D eigenvalue weighted by Gasteiger charge is 2.57. The van der Waals surface area contributed by atoms with Crippen molar-refractivity contribution in [1.29, 1.82) is 0 Å². The van der Waals surface area contributed by atoms with E-state index in [0.29, 0.717) is 53.2 Å². The van der Waals surface area contributed by atoms with Crippen LogP contribution >= 0.6 is 0 Å². The van der Waals surface area contributed by atoms with Gasteiger partial charge in [-0.2, -0.15) is 0 Å². The number of halogens is 2. The van der Waals surface area contributed by atoms with Crippen molar-refractivity contribution >= 4 is 22.0 Å². The summed E-state index contributed by atoms with van der Waals surface area (Å²) >= 11 is 0. The van der Waals surface area contributed by atoms with Crippen molar-refractivity contribution < 1.29 is 22.1 Å². The van der Waals surface area contributed by atoms with Crippen molar-refractivity contribution in [1.82, 2.24) is 18.8 Å². The molecule has 0 amide bonds. The quantitative estimate of drug-likeness (QED) is 0.505. The van der Waals surface area contributed by atoms with Crippen molar-refractivity contribution in [2.24, 2.45) is 13.0 Å². The molecule has 1 aliphatic carbocycles. The molecule has 0 bridgehead atoms. The Labute approximate surface area is 197 Å². The van der Waals surface area contributed by atoms with E-state index < -0.39 is 22.8 Å². The van der Waals surface area contributed by atoms with Crippen LogP contribution in [0, 0.1) is 5.92 Å². The second kappa shape index (κ2) is 8.86. The zero-order chi connectivity index (χ0) is 24.0. The third-order valence-electron chi connectivity index (χ3n) is 6.45. The summed E-state index contributed by atoms with van der Waals surface area (Å²) in [4.78, 5) is 19.1. The molecule has 2 fully saturated rings. The molecule has 3 aromatic rings. The van der Waals surface area contributed by atoms with Crippen LogP contribution in [0.25, 0.3) is 22.1 Å². The summed E-state index contributed by atoms with van der Waals surface area (Å²) in [6.45, 7) is 3.32. The third-order valence-corrected chi connectivity index (χ3v) is 7.54. The third kappa shape index (κ3) is 4.51. The van der Waals surface area contributed by atoms with Gasteiger partial charge in [0.2, 0.25) is 0 Å². The lowest BCUT2D eigenvalue weighted by molar-refractivity contribution is 0.0856. The number of piperazine rings is 1. The number of furan rings is 1. The highest BCUT2D eigenvalue weighted by atomic mass is 32.2. The van der Waals surface area contributed by atoms with Crippen LogP contribution in [0.15, 0.2) is 39.9 Å². The minimum absolute atomic E-state index is 0.0987. The van der Waals surface area contributed by atoms with Crippen LogP contribution in [0.5, 0.6) is 5.75 Å². The fourth-order valence-electron chi connectivity index (χ4n) is 4.30. The van der Waals surface area contributed by atoms with Crippen LogP contribution in [0.3, 0.4) is 0 Å². The Bertz CT molecular complexity index is 1300. The van der Waals surface area contributed by atoms with E-state index in [2.05, 4.69) is 9.88 Å². The molecule has 4 heterocycles. The molecule has 3 aromatic heterocycles. The van der Waals surface area contributed by atoms with Crippen molar-refractivity contribution in [2.75, 3.05) is 39.0 Å². The molecule has 0 radical (unpaired) electrons. The Morgan fingerprint density at radius 1 is 1.26 bits per heavy atom. The van der Waals surface area contributed by atoms with E-state index in [4.69, 9.17) is 9.15 Å². The van der Waals surface area contributed by atoms with E-state index >= 15 is 0 Å². The lowest BCUT2D eigenvalue weighted by atomic mass is 10.1. The number of ether oxygens (including phenoxy) is 1. The fraction of sp³-hybridized carbons (Fsp3) is 0.478. The summed E-state index contributed by atoms with van der Waals surface area (Å²) in [5.41, 5.74) is 1.50. The molecule has 1 saturated heterocycles. The molecule has 34 heavy (non-hydrogen) atoms. The van der Waals surface area contributed by atoms with Crippen LogP contribution < -0.4 is 10.3 Å². The Morgan fingerprint density at radius 3 is 2.68 bits per heavy atom. The lowest BCUT2D eigenvalue weighted by Crippen LogP contribution is -2.46. The maximum atomic E-state index is 13.3. The van der Waals surface area contributed by atoms with Crippen LogP contribution in [-0.2, 0) is 24.6 Å². The number of alkyl halides is 2. The van der Waals surface area contributed by atoms with Gasteiger partial charge in [0.1, 0.15) is 17.1 Å². The number of aryl methyl sites for hydroxylation is 1. The first-order valence-electron chi connectivity index (χ1n) is 11.1. The van der Waals surface area contributed by atoms with Gasteiger partial charge < -0.3 is 13.7 Å². The van der Waals surface area contributed by atoms with Gasteiger partial charge in [0, 0.05) is 69.4 Å². The van der Waals surface area contributed by atoms with Crippen LogP contribution in [0.1, 0.15) is 12.2 Å². The highest BCUT2D eigenvalue weighted by Crippen LogP contribution is 2.49. The minimum atomic E-state index is -2.67. The molecule has 1 aliphatic heterocycles. The SMILES string of the molecule is Cn1cc(-c2ccncc2OCC2CC2(F)F)c2oc(CN3CCN(S(C)=O)CC3)cc2c1=O. The molecule has 0 aromatic carbocycles. The van der Waals surface area contributed by atoms with Gasteiger partial charge in [-0.25, -0.2) is 17.3 Å². The van der Waals surface area contributed by atoms with Gasteiger partial charge in [-0.3, -0.25) is 14.7 Å². The maximum Gasteiger partial charge on any atom is 0.261 e. The molecule has 2 aliphatic rings. The summed E-state index contributed by atoms with van der Waals surface area (Å²) in [6.07, 6.45) is 6.26. The zero-order valence-corrected chi connectivity index (χ0v) is 19.8. The van der Waals surface area contributed by atoms with Gasteiger partial charge in [-0.05, 0) is 12.1 Å². The second-order valence-electron chi connectivity index (χ2n) is 8.89. The van der Waals surface area contributed by atoms with Gasteiger partial charge in [0.25, 0.3) is 11.5 Å². The first-order valence-corrected chi connectivity index (χ1v) is 12.6.